The predicted molar refractivity (Wildman–Crippen MR) is 52.8 cm³/mol. The summed E-state index contributed by atoms with van der Waals surface area (Å²) in [4.78, 5) is 15.8. The van der Waals surface area contributed by atoms with Gasteiger partial charge >= 0.3 is 0 Å². The summed E-state index contributed by atoms with van der Waals surface area (Å²) >= 11 is 0. The Morgan fingerprint density at radius 1 is 1.31 bits per heavy atom. The lowest BCUT2D eigenvalue weighted by atomic mass is 9.87. The molecule has 0 aliphatic heterocycles. The Morgan fingerprint density at radius 3 is 2.38 bits per heavy atom. The standard InChI is InChI=1S/C11H15NO/c1-8-5-9(7-12-6-8)10(13)11(2,3)4/h5-7H,1-4H3. The molecule has 13 heavy (non-hydrogen) atoms. The van der Waals surface area contributed by atoms with E-state index in [4.69, 9.17) is 0 Å². The Balaban J connectivity index is 3.03. The molecule has 0 aromatic carbocycles. The van der Waals surface area contributed by atoms with Crippen molar-refractivity contribution in [2.75, 3.05) is 0 Å². The van der Waals surface area contributed by atoms with Crippen LogP contribution in [0, 0.1) is 12.3 Å². The summed E-state index contributed by atoms with van der Waals surface area (Å²) in [6, 6.07) is 1.88. The van der Waals surface area contributed by atoms with Crippen LogP contribution in [0.15, 0.2) is 18.5 Å². The first-order valence-corrected chi connectivity index (χ1v) is 4.38. The number of carbonyl (C=O) groups excluding carboxylic acids is 1. The molecule has 0 aliphatic rings. The maximum absolute atomic E-state index is 11.8. The lowest BCUT2D eigenvalue weighted by Gasteiger charge is -2.16. The van der Waals surface area contributed by atoms with Gasteiger partial charge in [-0.05, 0) is 18.6 Å². The fourth-order valence-corrected chi connectivity index (χ4v) is 1.11. The summed E-state index contributed by atoms with van der Waals surface area (Å²) in [6.45, 7) is 7.68. The Bertz CT molecular complexity index is 323. The summed E-state index contributed by atoms with van der Waals surface area (Å²) in [5.74, 6) is 0.142. The van der Waals surface area contributed by atoms with Crippen LogP contribution >= 0.6 is 0 Å². The zero-order valence-corrected chi connectivity index (χ0v) is 8.59. The van der Waals surface area contributed by atoms with E-state index >= 15 is 0 Å². The molecule has 0 bridgehead atoms. The summed E-state index contributed by atoms with van der Waals surface area (Å²) in [5.41, 5.74) is 1.40. The number of Topliss-reactive ketones (excluding diaryl/α,β-unsaturated/α-hetero) is 1. The summed E-state index contributed by atoms with van der Waals surface area (Å²) in [5, 5.41) is 0. The van der Waals surface area contributed by atoms with Crippen LogP contribution in [-0.4, -0.2) is 10.8 Å². The molecule has 0 unspecified atom stereocenters. The van der Waals surface area contributed by atoms with E-state index < -0.39 is 0 Å². The average molecular weight is 177 g/mol. The second kappa shape index (κ2) is 3.29. The molecule has 0 saturated heterocycles. The predicted octanol–water partition coefficient (Wildman–Crippen LogP) is 2.62. The molecule has 0 fully saturated rings. The first-order chi connectivity index (χ1) is 5.91. The van der Waals surface area contributed by atoms with Crippen molar-refractivity contribution in [1.82, 2.24) is 4.98 Å². The smallest absolute Gasteiger partial charge is 0.169 e. The highest BCUT2D eigenvalue weighted by Gasteiger charge is 2.22. The zero-order valence-electron chi connectivity index (χ0n) is 8.59. The van der Waals surface area contributed by atoms with Crippen LogP contribution in [-0.2, 0) is 0 Å². The van der Waals surface area contributed by atoms with Gasteiger partial charge in [-0.3, -0.25) is 9.78 Å². The third-order valence-corrected chi connectivity index (χ3v) is 1.82. The molecular weight excluding hydrogens is 162 g/mol. The van der Waals surface area contributed by atoms with Crippen LogP contribution in [0.5, 0.6) is 0 Å². The van der Waals surface area contributed by atoms with Gasteiger partial charge in [0.05, 0.1) is 0 Å². The molecule has 1 aromatic rings. The molecule has 1 aromatic heterocycles. The number of aromatic nitrogens is 1. The van der Waals surface area contributed by atoms with Gasteiger partial charge < -0.3 is 0 Å². The molecule has 1 heterocycles. The number of nitrogens with zero attached hydrogens (tertiary/aromatic N) is 1. The second-order valence-electron chi connectivity index (χ2n) is 4.33. The lowest BCUT2D eigenvalue weighted by Crippen LogP contribution is -2.20. The monoisotopic (exact) mass is 177 g/mol. The fourth-order valence-electron chi connectivity index (χ4n) is 1.11. The maximum Gasteiger partial charge on any atom is 0.169 e. The maximum atomic E-state index is 11.8. The number of hydrogen-bond acceptors (Lipinski definition) is 2. The van der Waals surface area contributed by atoms with E-state index in [9.17, 15) is 4.79 Å². The van der Waals surface area contributed by atoms with Crippen molar-refractivity contribution in [2.45, 2.75) is 27.7 Å². The molecule has 0 amide bonds. The van der Waals surface area contributed by atoms with Crippen molar-refractivity contribution in [2.24, 2.45) is 5.41 Å². The van der Waals surface area contributed by atoms with Gasteiger partial charge in [-0.15, -0.1) is 0 Å². The minimum Gasteiger partial charge on any atom is -0.294 e. The van der Waals surface area contributed by atoms with Crippen molar-refractivity contribution >= 4 is 5.78 Å². The van der Waals surface area contributed by atoms with E-state index in [0.717, 1.165) is 5.56 Å². The van der Waals surface area contributed by atoms with Crippen LogP contribution < -0.4 is 0 Å². The molecule has 0 radical (unpaired) electrons. The minimum atomic E-state index is -0.324. The lowest BCUT2D eigenvalue weighted by molar-refractivity contribution is 0.0858. The van der Waals surface area contributed by atoms with E-state index in [1.54, 1.807) is 12.4 Å². The molecule has 0 spiro atoms. The average Bonchev–Trinajstić information content (AvgIpc) is 2.01. The highest BCUT2D eigenvalue weighted by Crippen LogP contribution is 2.20. The number of rotatable bonds is 1. The number of pyridine rings is 1. The molecule has 0 N–H and O–H groups in total. The number of ketones is 1. The number of hydrogen-bond donors (Lipinski definition) is 0. The Kier molecular flexibility index (Phi) is 2.50. The van der Waals surface area contributed by atoms with Crippen molar-refractivity contribution < 1.29 is 4.79 Å². The van der Waals surface area contributed by atoms with Gasteiger partial charge in [0.15, 0.2) is 5.78 Å². The summed E-state index contributed by atoms with van der Waals surface area (Å²) in [7, 11) is 0. The van der Waals surface area contributed by atoms with E-state index in [1.807, 2.05) is 33.8 Å². The summed E-state index contributed by atoms with van der Waals surface area (Å²) in [6.07, 6.45) is 3.38. The van der Waals surface area contributed by atoms with Gasteiger partial charge in [0.2, 0.25) is 0 Å². The van der Waals surface area contributed by atoms with Gasteiger partial charge in [0.1, 0.15) is 0 Å². The van der Waals surface area contributed by atoms with Crippen LogP contribution in [0.3, 0.4) is 0 Å². The fraction of sp³-hybridized carbons (Fsp3) is 0.455. The molecule has 0 atom stereocenters. The van der Waals surface area contributed by atoms with Crippen molar-refractivity contribution in [3.05, 3.63) is 29.6 Å². The minimum absolute atomic E-state index is 0.142. The van der Waals surface area contributed by atoms with Crippen LogP contribution in [0.2, 0.25) is 0 Å². The first kappa shape index (κ1) is 9.90. The molecular formula is C11H15NO. The Labute approximate surface area is 79.0 Å². The van der Waals surface area contributed by atoms with Gasteiger partial charge in [-0.1, -0.05) is 20.8 Å². The van der Waals surface area contributed by atoms with Crippen LogP contribution in [0.25, 0.3) is 0 Å². The van der Waals surface area contributed by atoms with Gasteiger partial charge in [-0.2, -0.15) is 0 Å². The second-order valence-corrected chi connectivity index (χ2v) is 4.33. The van der Waals surface area contributed by atoms with E-state index in [0.29, 0.717) is 5.56 Å². The first-order valence-electron chi connectivity index (χ1n) is 4.38. The molecule has 1 rings (SSSR count). The van der Waals surface area contributed by atoms with E-state index in [2.05, 4.69) is 4.98 Å². The molecule has 2 nitrogen and oxygen atoms in total. The van der Waals surface area contributed by atoms with Gasteiger partial charge in [-0.25, -0.2) is 0 Å². The van der Waals surface area contributed by atoms with Crippen molar-refractivity contribution in [3.8, 4) is 0 Å². The van der Waals surface area contributed by atoms with Crippen LogP contribution in [0.1, 0.15) is 36.7 Å². The largest absolute Gasteiger partial charge is 0.294 e. The topological polar surface area (TPSA) is 30.0 Å². The van der Waals surface area contributed by atoms with Crippen LogP contribution in [0.4, 0.5) is 0 Å². The molecule has 0 aliphatic carbocycles. The molecule has 70 valence electrons. The molecule has 0 saturated carbocycles. The third kappa shape index (κ3) is 2.38. The quantitative estimate of drug-likeness (QED) is 0.617. The van der Waals surface area contributed by atoms with Gasteiger partial charge in [0, 0.05) is 23.4 Å². The van der Waals surface area contributed by atoms with E-state index in [1.165, 1.54) is 0 Å². The van der Waals surface area contributed by atoms with Crippen molar-refractivity contribution in [3.63, 3.8) is 0 Å². The SMILES string of the molecule is Cc1cncc(C(=O)C(C)(C)C)c1. The Hall–Kier alpha value is -1.18. The third-order valence-electron chi connectivity index (χ3n) is 1.82. The highest BCUT2D eigenvalue weighted by atomic mass is 16.1. The zero-order chi connectivity index (χ0) is 10.1. The number of carbonyl (C=O) groups is 1. The number of aryl methyl sites for hydroxylation is 1. The highest BCUT2D eigenvalue weighted by molar-refractivity contribution is 5.99. The van der Waals surface area contributed by atoms with Gasteiger partial charge in [0.25, 0.3) is 0 Å². The molecule has 2 heteroatoms. The van der Waals surface area contributed by atoms with Crippen molar-refractivity contribution in [1.29, 1.82) is 0 Å². The Morgan fingerprint density at radius 2 is 1.92 bits per heavy atom. The summed E-state index contributed by atoms with van der Waals surface area (Å²) < 4.78 is 0. The van der Waals surface area contributed by atoms with E-state index in [-0.39, 0.29) is 11.2 Å². The normalized spacial score (nSPS) is 11.4.